The van der Waals surface area contributed by atoms with Gasteiger partial charge in [-0.2, -0.15) is 0 Å². The lowest BCUT2D eigenvalue weighted by atomic mass is 10.1. The number of piperazine rings is 1. The van der Waals surface area contributed by atoms with Gasteiger partial charge >= 0.3 is 0 Å². The van der Waals surface area contributed by atoms with Crippen molar-refractivity contribution in [3.63, 3.8) is 0 Å². The van der Waals surface area contributed by atoms with Gasteiger partial charge in [-0.3, -0.25) is 4.90 Å². The molecule has 3 rings (SSSR count). The number of hydrogen-bond donors (Lipinski definition) is 1. The van der Waals surface area contributed by atoms with Gasteiger partial charge in [0.15, 0.2) is 0 Å². The van der Waals surface area contributed by atoms with E-state index in [1.165, 1.54) is 0 Å². The van der Waals surface area contributed by atoms with E-state index in [1.54, 1.807) is 7.11 Å². The lowest BCUT2D eigenvalue weighted by molar-refractivity contribution is 0.109. The van der Waals surface area contributed by atoms with Crippen molar-refractivity contribution in [1.29, 1.82) is 0 Å². The minimum absolute atomic E-state index is 0.494. The van der Waals surface area contributed by atoms with E-state index in [0.717, 1.165) is 43.3 Å². The molecule has 0 saturated carbocycles. The molecule has 5 nitrogen and oxygen atoms in total. The van der Waals surface area contributed by atoms with Gasteiger partial charge in [-0.15, -0.1) is 0 Å². The number of rotatable bonds is 5. The van der Waals surface area contributed by atoms with Crippen LogP contribution in [0.4, 0.5) is 5.82 Å². The first-order valence-electron chi connectivity index (χ1n) is 7.96. The number of pyridine rings is 1. The molecule has 0 amide bonds. The Morgan fingerprint density at radius 2 is 1.96 bits per heavy atom. The molecule has 5 heteroatoms. The number of aromatic nitrogens is 1. The molecule has 2 heterocycles. The minimum atomic E-state index is -0.494. The molecule has 23 heavy (non-hydrogen) atoms. The summed E-state index contributed by atoms with van der Waals surface area (Å²) in [5.41, 5.74) is 0.900. The zero-order chi connectivity index (χ0) is 16.1. The second-order valence-electron chi connectivity index (χ2n) is 5.77. The van der Waals surface area contributed by atoms with Gasteiger partial charge in [0.2, 0.25) is 0 Å². The van der Waals surface area contributed by atoms with Crippen molar-refractivity contribution in [3.05, 3.63) is 54.2 Å². The van der Waals surface area contributed by atoms with Crippen LogP contribution in [0.2, 0.25) is 0 Å². The molecular weight excluding hydrogens is 290 g/mol. The highest BCUT2D eigenvalue weighted by atomic mass is 16.5. The quantitative estimate of drug-likeness (QED) is 0.914. The highest BCUT2D eigenvalue weighted by Crippen LogP contribution is 2.21. The Labute approximate surface area is 137 Å². The first kappa shape index (κ1) is 15.8. The second kappa shape index (κ2) is 7.44. The van der Waals surface area contributed by atoms with Crippen LogP contribution in [-0.4, -0.2) is 54.8 Å². The molecule has 0 bridgehead atoms. The molecule has 1 aliphatic rings. The Balaban J connectivity index is 1.54. The van der Waals surface area contributed by atoms with E-state index >= 15 is 0 Å². The number of hydrogen-bond acceptors (Lipinski definition) is 5. The van der Waals surface area contributed by atoms with E-state index in [1.807, 2.05) is 48.7 Å². The number of aliphatic hydroxyl groups is 1. The van der Waals surface area contributed by atoms with Crippen LogP contribution < -0.4 is 9.64 Å². The van der Waals surface area contributed by atoms with Gasteiger partial charge in [0.25, 0.3) is 0 Å². The maximum Gasteiger partial charge on any atom is 0.128 e. The molecule has 122 valence electrons. The Kier molecular flexibility index (Phi) is 5.10. The van der Waals surface area contributed by atoms with Crippen LogP contribution in [-0.2, 0) is 0 Å². The molecule has 1 aromatic carbocycles. The number of benzene rings is 1. The first-order chi connectivity index (χ1) is 11.3. The summed E-state index contributed by atoms with van der Waals surface area (Å²) in [6.45, 7) is 4.36. The highest BCUT2D eigenvalue weighted by Gasteiger charge is 2.20. The smallest absolute Gasteiger partial charge is 0.128 e. The van der Waals surface area contributed by atoms with Crippen molar-refractivity contribution < 1.29 is 9.84 Å². The molecule has 0 radical (unpaired) electrons. The van der Waals surface area contributed by atoms with Crippen LogP contribution >= 0.6 is 0 Å². The van der Waals surface area contributed by atoms with Gasteiger partial charge in [-0.05, 0) is 29.8 Å². The molecule has 1 saturated heterocycles. The lowest BCUT2D eigenvalue weighted by Gasteiger charge is -2.36. The van der Waals surface area contributed by atoms with E-state index in [9.17, 15) is 5.11 Å². The van der Waals surface area contributed by atoms with Gasteiger partial charge < -0.3 is 14.7 Å². The average Bonchev–Trinajstić information content (AvgIpc) is 2.63. The number of ether oxygens (including phenoxy) is 1. The third-order valence-electron chi connectivity index (χ3n) is 4.26. The maximum atomic E-state index is 10.5. The van der Waals surface area contributed by atoms with Crippen molar-refractivity contribution in [2.45, 2.75) is 6.10 Å². The number of anilines is 1. The number of aliphatic hydroxyl groups excluding tert-OH is 1. The fourth-order valence-corrected chi connectivity index (χ4v) is 2.90. The van der Waals surface area contributed by atoms with Gasteiger partial charge in [0, 0.05) is 38.9 Å². The zero-order valence-electron chi connectivity index (χ0n) is 13.4. The van der Waals surface area contributed by atoms with Crippen LogP contribution in [0.3, 0.4) is 0 Å². The van der Waals surface area contributed by atoms with Crippen LogP contribution in [0, 0.1) is 0 Å². The molecule has 0 spiro atoms. The fourth-order valence-electron chi connectivity index (χ4n) is 2.90. The summed E-state index contributed by atoms with van der Waals surface area (Å²) in [6.07, 6.45) is 1.33. The summed E-state index contributed by atoms with van der Waals surface area (Å²) in [7, 11) is 1.64. The molecule has 1 aromatic heterocycles. The third kappa shape index (κ3) is 4.00. The molecule has 1 fully saturated rings. The largest absolute Gasteiger partial charge is 0.497 e. The molecule has 1 N–H and O–H groups in total. The third-order valence-corrected chi connectivity index (χ3v) is 4.26. The predicted octanol–water partition coefficient (Wildman–Crippen LogP) is 1.95. The Morgan fingerprint density at radius 3 is 2.65 bits per heavy atom. The van der Waals surface area contributed by atoms with Crippen LogP contribution in [0.15, 0.2) is 48.7 Å². The Bertz CT molecular complexity index is 613. The van der Waals surface area contributed by atoms with Gasteiger partial charge in [-0.25, -0.2) is 4.98 Å². The van der Waals surface area contributed by atoms with Crippen LogP contribution in [0.25, 0.3) is 0 Å². The molecule has 0 aliphatic carbocycles. The zero-order valence-corrected chi connectivity index (χ0v) is 13.4. The van der Waals surface area contributed by atoms with Crippen molar-refractivity contribution >= 4 is 5.82 Å². The number of methoxy groups -OCH3 is 1. The van der Waals surface area contributed by atoms with E-state index in [0.29, 0.717) is 6.54 Å². The molecular formula is C18H23N3O2. The number of β-amino-alcohol motifs (C(OH)–C–C–N with tert-alkyl or cyclic N) is 1. The van der Waals surface area contributed by atoms with E-state index in [4.69, 9.17) is 4.74 Å². The molecule has 0 unspecified atom stereocenters. The number of nitrogens with zero attached hydrogens (tertiary/aromatic N) is 3. The van der Waals surface area contributed by atoms with Crippen LogP contribution in [0.5, 0.6) is 5.75 Å². The normalized spacial score (nSPS) is 17.0. The standard InChI is InChI=1S/C18H23N3O2/c1-23-16-6-4-5-15(13-16)17(22)14-20-9-11-21(12-10-20)18-7-2-3-8-19-18/h2-8,13,17,22H,9-12,14H2,1H3/t17-/m0/s1. The van der Waals surface area contributed by atoms with Gasteiger partial charge in [0.1, 0.15) is 11.6 Å². The Hall–Kier alpha value is -2.11. The summed E-state index contributed by atoms with van der Waals surface area (Å²) < 4.78 is 5.22. The highest BCUT2D eigenvalue weighted by molar-refractivity contribution is 5.38. The summed E-state index contributed by atoms with van der Waals surface area (Å²) in [4.78, 5) is 8.98. The van der Waals surface area contributed by atoms with Crippen molar-refractivity contribution in [2.75, 3.05) is 44.7 Å². The topological polar surface area (TPSA) is 48.8 Å². The summed E-state index contributed by atoms with van der Waals surface area (Å²) in [5.74, 6) is 1.81. The van der Waals surface area contributed by atoms with E-state index in [-0.39, 0.29) is 0 Å². The molecule has 1 aliphatic heterocycles. The van der Waals surface area contributed by atoms with Crippen LogP contribution in [0.1, 0.15) is 11.7 Å². The van der Waals surface area contributed by atoms with Crippen molar-refractivity contribution in [3.8, 4) is 5.75 Å². The van der Waals surface area contributed by atoms with Gasteiger partial charge in [-0.1, -0.05) is 18.2 Å². The van der Waals surface area contributed by atoms with Gasteiger partial charge in [0.05, 0.1) is 13.2 Å². The van der Waals surface area contributed by atoms with E-state index < -0.39 is 6.10 Å². The summed E-state index contributed by atoms with van der Waals surface area (Å²) in [5, 5.41) is 10.5. The predicted molar refractivity (Wildman–Crippen MR) is 90.8 cm³/mol. The fraction of sp³-hybridized carbons (Fsp3) is 0.389. The Morgan fingerprint density at radius 1 is 1.13 bits per heavy atom. The summed E-state index contributed by atoms with van der Waals surface area (Å²) >= 11 is 0. The maximum absolute atomic E-state index is 10.5. The molecule has 1 atom stereocenters. The SMILES string of the molecule is COc1cccc([C@@H](O)CN2CCN(c3ccccn3)CC2)c1. The average molecular weight is 313 g/mol. The lowest BCUT2D eigenvalue weighted by Crippen LogP contribution is -2.47. The first-order valence-corrected chi connectivity index (χ1v) is 7.96. The molecule has 2 aromatic rings. The minimum Gasteiger partial charge on any atom is -0.497 e. The van der Waals surface area contributed by atoms with E-state index in [2.05, 4.69) is 14.8 Å². The second-order valence-corrected chi connectivity index (χ2v) is 5.77. The van der Waals surface area contributed by atoms with Crippen molar-refractivity contribution in [1.82, 2.24) is 9.88 Å². The summed E-state index contributed by atoms with van der Waals surface area (Å²) in [6, 6.07) is 13.6. The van der Waals surface area contributed by atoms with Crippen molar-refractivity contribution in [2.24, 2.45) is 0 Å². The monoisotopic (exact) mass is 313 g/mol.